The van der Waals surface area contributed by atoms with Crippen molar-refractivity contribution < 1.29 is 25.6 Å². The maximum absolute atomic E-state index is 6.55. The van der Waals surface area contributed by atoms with E-state index in [-0.39, 0.29) is 0 Å². The van der Waals surface area contributed by atoms with Crippen molar-refractivity contribution in [2.75, 3.05) is 18.7 Å². The lowest BCUT2D eigenvalue weighted by Gasteiger charge is -2.37. The highest BCUT2D eigenvalue weighted by Crippen LogP contribution is 2.25. The molecule has 162 valence electrons. The third-order valence-electron chi connectivity index (χ3n) is 3.87. The molecule has 27 heavy (non-hydrogen) atoms. The zero-order valence-corrected chi connectivity index (χ0v) is 25.6. The first-order valence-corrected chi connectivity index (χ1v) is 27.6. The van der Waals surface area contributed by atoms with Gasteiger partial charge < -0.3 is 25.6 Å². The molecule has 0 N–H and O–H groups in total. The summed E-state index contributed by atoms with van der Waals surface area (Å²) in [4.78, 5) is 0. The second-order valence-corrected chi connectivity index (χ2v) is 33.8. The molecule has 1 rings (SSSR count). The van der Waals surface area contributed by atoms with Crippen LogP contribution in [0.1, 0.15) is 0 Å². The summed E-state index contributed by atoms with van der Waals surface area (Å²) in [6.45, 7) is 26.0. The van der Waals surface area contributed by atoms with Gasteiger partial charge in [-0.25, -0.2) is 0 Å². The first-order chi connectivity index (χ1) is 11.7. The van der Waals surface area contributed by atoms with Crippen molar-refractivity contribution in [1.82, 2.24) is 0 Å². The summed E-state index contributed by atoms with van der Waals surface area (Å²) in [5, 5.41) is 0. The standard InChI is InChI=1S/C15H42O6Si6/c1-22(2)13-16-26(9,10)20-24(5,6)15-18-27(11,12)21-23(3,4)14-17-25(7,8)19-22/h13-15H2,1-12H3. The first-order valence-electron chi connectivity index (χ1n) is 9.76. The summed E-state index contributed by atoms with van der Waals surface area (Å²) in [5.41, 5.74) is 0. The van der Waals surface area contributed by atoms with E-state index < -0.39 is 50.6 Å². The molecule has 0 aromatic carbocycles. The van der Waals surface area contributed by atoms with Gasteiger partial charge in [-0.1, -0.05) is 0 Å². The maximum Gasteiger partial charge on any atom is 0.321 e. The fourth-order valence-electron chi connectivity index (χ4n) is 3.22. The van der Waals surface area contributed by atoms with Gasteiger partial charge in [0.15, 0.2) is 25.0 Å². The number of hydrogen-bond donors (Lipinski definition) is 0. The van der Waals surface area contributed by atoms with Crippen LogP contribution in [0.5, 0.6) is 0 Å². The highest BCUT2D eigenvalue weighted by atomic mass is 28.5. The van der Waals surface area contributed by atoms with Gasteiger partial charge in [0.2, 0.25) is 0 Å². The molecule has 0 aliphatic carbocycles. The molecular weight excluding hydrogens is 445 g/mol. The van der Waals surface area contributed by atoms with Crippen LogP contribution in [0.2, 0.25) is 78.6 Å². The Hall–Kier alpha value is 1.06. The molecule has 1 saturated heterocycles. The largest absolute Gasteiger partial charge is 0.434 e. The molecule has 1 fully saturated rings. The van der Waals surface area contributed by atoms with Crippen molar-refractivity contribution in [1.29, 1.82) is 0 Å². The lowest BCUT2D eigenvalue weighted by molar-refractivity contribution is 0.247. The normalized spacial score (nSPS) is 30.7. The van der Waals surface area contributed by atoms with Gasteiger partial charge in [-0.05, 0) is 78.6 Å². The van der Waals surface area contributed by atoms with E-state index in [2.05, 4.69) is 78.6 Å². The van der Waals surface area contributed by atoms with Crippen LogP contribution < -0.4 is 0 Å². The zero-order valence-electron chi connectivity index (χ0n) is 19.6. The molecule has 6 nitrogen and oxygen atoms in total. The Morgan fingerprint density at radius 1 is 0.370 bits per heavy atom. The minimum Gasteiger partial charge on any atom is -0.434 e. The molecule has 0 atom stereocenters. The summed E-state index contributed by atoms with van der Waals surface area (Å²) in [6, 6.07) is 0. The predicted octanol–water partition coefficient (Wildman–Crippen LogP) is 4.44. The summed E-state index contributed by atoms with van der Waals surface area (Å²) < 4.78 is 38.6. The topological polar surface area (TPSA) is 55.4 Å². The molecule has 0 bridgehead atoms. The lowest BCUT2D eigenvalue weighted by atomic mass is 11.7. The van der Waals surface area contributed by atoms with E-state index in [4.69, 9.17) is 25.6 Å². The Bertz CT molecular complexity index is 396. The Morgan fingerprint density at radius 3 is 0.741 bits per heavy atom. The zero-order chi connectivity index (χ0) is 21.4. The fourth-order valence-corrected chi connectivity index (χ4v) is 28.9. The van der Waals surface area contributed by atoms with E-state index in [0.29, 0.717) is 18.7 Å². The van der Waals surface area contributed by atoms with Gasteiger partial charge in [-0.3, -0.25) is 0 Å². The monoisotopic (exact) mass is 486 g/mol. The summed E-state index contributed by atoms with van der Waals surface area (Å²) in [5.74, 6) is 0. The third-order valence-corrected chi connectivity index (χ3v) is 22.3. The van der Waals surface area contributed by atoms with Crippen LogP contribution in [0.25, 0.3) is 0 Å². The van der Waals surface area contributed by atoms with E-state index in [0.717, 1.165) is 0 Å². The number of hydrogen-bond acceptors (Lipinski definition) is 6. The Balaban J connectivity index is 3.10. The average Bonchev–Trinajstić information content (AvgIpc) is 2.38. The number of rotatable bonds is 0. The van der Waals surface area contributed by atoms with E-state index in [1.807, 2.05) is 0 Å². The van der Waals surface area contributed by atoms with Crippen LogP contribution in [-0.4, -0.2) is 69.3 Å². The highest BCUT2D eigenvalue weighted by molar-refractivity contribution is 6.86. The predicted molar refractivity (Wildman–Crippen MR) is 126 cm³/mol. The summed E-state index contributed by atoms with van der Waals surface area (Å²) >= 11 is 0. The molecule has 0 saturated carbocycles. The van der Waals surface area contributed by atoms with Gasteiger partial charge in [-0.15, -0.1) is 0 Å². The van der Waals surface area contributed by atoms with Crippen molar-refractivity contribution in [2.45, 2.75) is 78.6 Å². The van der Waals surface area contributed by atoms with Crippen LogP contribution in [0.4, 0.5) is 0 Å². The minimum atomic E-state index is -2.26. The van der Waals surface area contributed by atoms with Crippen molar-refractivity contribution in [3.05, 3.63) is 0 Å². The average molecular weight is 487 g/mol. The Morgan fingerprint density at radius 2 is 0.556 bits per heavy atom. The molecular formula is C15H42O6Si6. The van der Waals surface area contributed by atoms with Gasteiger partial charge in [-0.2, -0.15) is 0 Å². The van der Waals surface area contributed by atoms with Crippen molar-refractivity contribution in [3.63, 3.8) is 0 Å². The molecule has 0 amide bonds. The second kappa shape index (κ2) is 8.66. The molecule has 1 heterocycles. The molecule has 0 spiro atoms. The molecule has 1 aliphatic heterocycles. The SMILES string of the molecule is C[Si]1(C)CO[Si](C)(C)O[Si](C)(C)CO[Si](C)(C)O[Si](C)(C)CO[Si](C)(C)O1. The second-order valence-electron chi connectivity index (χ2n) is 10.7. The van der Waals surface area contributed by atoms with E-state index in [1.165, 1.54) is 0 Å². The molecule has 0 aromatic heterocycles. The summed E-state index contributed by atoms with van der Waals surface area (Å²) in [7, 11) is -12.8. The van der Waals surface area contributed by atoms with Gasteiger partial charge in [0.25, 0.3) is 0 Å². The molecule has 0 aromatic rings. The Labute approximate surface area is 173 Å². The van der Waals surface area contributed by atoms with E-state index in [9.17, 15) is 0 Å². The Kier molecular flexibility index (Phi) is 8.37. The maximum atomic E-state index is 6.55. The van der Waals surface area contributed by atoms with Crippen LogP contribution in [0.3, 0.4) is 0 Å². The quantitative estimate of drug-likeness (QED) is 0.472. The minimum absolute atomic E-state index is 0.634. The highest BCUT2D eigenvalue weighted by Gasteiger charge is 2.44. The van der Waals surface area contributed by atoms with Crippen LogP contribution >= 0.6 is 0 Å². The van der Waals surface area contributed by atoms with Gasteiger partial charge in [0, 0.05) is 0 Å². The molecule has 0 radical (unpaired) electrons. The van der Waals surface area contributed by atoms with Crippen LogP contribution in [-0.2, 0) is 25.6 Å². The van der Waals surface area contributed by atoms with Crippen molar-refractivity contribution in [3.8, 4) is 0 Å². The van der Waals surface area contributed by atoms with Gasteiger partial charge in [0.05, 0.1) is 18.7 Å². The van der Waals surface area contributed by atoms with Crippen LogP contribution in [0, 0.1) is 0 Å². The van der Waals surface area contributed by atoms with Gasteiger partial charge in [0.1, 0.15) is 0 Å². The smallest absolute Gasteiger partial charge is 0.321 e. The lowest BCUT2D eigenvalue weighted by Crippen LogP contribution is -2.55. The van der Waals surface area contributed by atoms with Crippen LogP contribution in [0.15, 0.2) is 0 Å². The fraction of sp³-hybridized carbons (Fsp3) is 1.00. The van der Waals surface area contributed by atoms with Crippen molar-refractivity contribution >= 4 is 50.6 Å². The van der Waals surface area contributed by atoms with Gasteiger partial charge >= 0.3 is 25.7 Å². The first kappa shape index (κ1) is 26.1. The van der Waals surface area contributed by atoms with Crippen molar-refractivity contribution in [2.24, 2.45) is 0 Å². The molecule has 0 unspecified atom stereocenters. The summed E-state index contributed by atoms with van der Waals surface area (Å²) in [6.07, 6.45) is 1.90. The van der Waals surface area contributed by atoms with E-state index >= 15 is 0 Å². The van der Waals surface area contributed by atoms with E-state index in [1.54, 1.807) is 0 Å². The third kappa shape index (κ3) is 10.6. The molecule has 1 aliphatic rings. The molecule has 12 heteroatoms.